The van der Waals surface area contributed by atoms with Crippen LogP contribution in [0.5, 0.6) is 11.5 Å². The van der Waals surface area contributed by atoms with E-state index in [9.17, 15) is 29.5 Å². The van der Waals surface area contributed by atoms with Gasteiger partial charge in [-0.25, -0.2) is 27.3 Å². The summed E-state index contributed by atoms with van der Waals surface area (Å²) in [7, 11) is 2.95. The zero-order valence-electron chi connectivity index (χ0n) is 47.6. The molecule has 6 aromatic rings. The Kier molecular flexibility index (Phi) is 20.7. The highest BCUT2D eigenvalue weighted by Crippen LogP contribution is 2.53. The number of nitrogens with zero attached hydrogens (tertiary/aromatic N) is 6. The predicted molar refractivity (Wildman–Crippen MR) is 319 cm³/mol. The number of hydrogen-bond donors (Lipinski definition) is 6. The van der Waals surface area contributed by atoms with Gasteiger partial charge in [0, 0.05) is 98.3 Å². The summed E-state index contributed by atoms with van der Waals surface area (Å²) in [6, 6.07) is 17.0. The second-order valence-corrected chi connectivity index (χ2v) is 23.1. The van der Waals surface area contributed by atoms with E-state index in [0.29, 0.717) is 0 Å². The summed E-state index contributed by atoms with van der Waals surface area (Å²) in [5.74, 6) is -6.50. The number of amides is 5. The number of aromatic hydroxyl groups is 1. The van der Waals surface area contributed by atoms with E-state index in [0.717, 1.165) is 12.1 Å². The second kappa shape index (κ2) is 27.8. The number of primary amides is 1. The van der Waals surface area contributed by atoms with Gasteiger partial charge in [-0.3, -0.25) is 14.4 Å². The molecular formula is C60H64Cl3F4N11O8. The molecule has 1 aromatic heterocycles. The third-order valence-corrected chi connectivity index (χ3v) is 15.8. The number of methoxy groups -OCH3 is 1. The SMILES string of the molecule is COc1cc(C(=O)NCCOCCOCCN(C)C(=O)CCNc2nc(N3CCN(C(N)=O)CC3)c3cc(Cl)c(-c4c(O)cccc4F)c(F)c3n2)ccc1NC(=O)[C@@H]1N[C@@H](CC(C)(C)C)[C@](C#N)(c2ccc(Cl)cc2F)[C@H]1c1cccc(Cl)c1F. The quantitative estimate of drug-likeness (QED) is 0.0274. The molecule has 0 spiro atoms. The number of benzene rings is 5. The molecule has 0 bridgehead atoms. The molecule has 2 saturated heterocycles. The molecule has 7 N–H and O–H groups in total. The maximum absolute atomic E-state index is 16.5. The molecule has 2 fully saturated rings. The molecule has 19 nitrogen and oxygen atoms in total. The monoisotopic (exact) mass is 1250 g/mol. The van der Waals surface area contributed by atoms with Crippen LogP contribution in [0.1, 0.15) is 61.0 Å². The topological polar surface area (TPSA) is 250 Å². The van der Waals surface area contributed by atoms with Gasteiger partial charge < -0.3 is 61.0 Å². The lowest BCUT2D eigenvalue weighted by molar-refractivity contribution is -0.130. The van der Waals surface area contributed by atoms with E-state index in [1.807, 2.05) is 25.7 Å². The van der Waals surface area contributed by atoms with E-state index in [2.05, 4.69) is 37.3 Å². The van der Waals surface area contributed by atoms with Gasteiger partial charge in [0.25, 0.3) is 5.91 Å². The summed E-state index contributed by atoms with van der Waals surface area (Å²) in [5.41, 5.74) is 2.32. The van der Waals surface area contributed by atoms with Gasteiger partial charge >= 0.3 is 6.03 Å². The number of phenolic OH excluding ortho intramolecular Hbond substituents is 1. The lowest BCUT2D eigenvalue weighted by atomic mass is 9.62. The standard InChI is InChI=1S/C60H64Cl3F4N11O8/c1-59(2,3)31-45-60(32-68,37-14-13-34(61)29-41(37)65)49(35-8-6-9-38(62)50(35)66)53(73-45)56(82)72-42-15-12-33(28-44(42)84-5)55(81)70-18-24-85-26-27-86-25-23-76(4)46(80)16-17-71-58-74-52-36(54(75-58)77-19-21-78(22-20-77)57(69)83)30-39(63)47(51(52)67)48-40(64)10-7-11-43(48)79/h6-15,28-30,45,49,53,73,79H,16-27,31H2,1-5H3,(H2,69,83)(H,70,81)(H,72,82)(H,71,74,75)/t45-,49-,53+,60-/m0/s1. The highest BCUT2D eigenvalue weighted by atomic mass is 35.5. The minimum atomic E-state index is -1.85. The Balaban J connectivity index is 0.809. The molecule has 0 radical (unpaired) electrons. The van der Waals surface area contributed by atoms with E-state index in [1.165, 1.54) is 83.6 Å². The van der Waals surface area contributed by atoms with Crippen LogP contribution < -0.4 is 36.6 Å². The summed E-state index contributed by atoms with van der Waals surface area (Å²) >= 11 is 19.0. The van der Waals surface area contributed by atoms with Crippen molar-refractivity contribution in [1.29, 1.82) is 5.26 Å². The number of urea groups is 1. The molecule has 3 heterocycles. The molecule has 26 heteroatoms. The molecule has 2 aliphatic heterocycles. The lowest BCUT2D eigenvalue weighted by Crippen LogP contribution is -2.50. The number of hydrogen-bond acceptors (Lipinski definition) is 14. The zero-order valence-corrected chi connectivity index (χ0v) is 49.9. The van der Waals surface area contributed by atoms with Crippen LogP contribution in [0.4, 0.5) is 39.8 Å². The molecule has 0 unspecified atom stereocenters. The Labute approximate surface area is 509 Å². The highest BCUT2D eigenvalue weighted by Gasteiger charge is 2.61. The first-order valence-corrected chi connectivity index (χ1v) is 28.5. The van der Waals surface area contributed by atoms with Crippen molar-refractivity contribution in [3.05, 3.63) is 134 Å². The van der Waals surface area contributed by atoms with Crippen molar-refractivity contribution in [2.45, 2.75) is 57.0 Å². The van der Waals surface area contributed by atoms with E-state index < -0.39 is 86.8 Å². The summed E-state index contributed by atoms with van der Waals surface area (Å²) in [4.78, 5) is 66.6. The third kappa shape index (κ3) is 14.2. The Morgan fingerprint density at radius 3 is 2.27 bits per heavy atom. The fraction of sp³-hybridized carbons (Fsp3) is 0.383. The number of nitrogens with two attached hydrogens (primary N) is 1. The molecule has 0 aliphatic carbocycles. The highest BCUT2D eigenvalue weighted by molar-refractivity contribution is 6.34. The number of piperazine rings is 1. The van der Waals surface area contributed by atoms with E-state index in [1.54, 1.807) is 7.05 Å². The Bertz CT molecular complexity index is 3550. The van der Waals surface area contributed by atoms with Crippen molar-refractivity contribution in [1.82, 2.24) is 30.4 Å². The molecule has 456 valence electrons. The van der Waals surface area contributed by atoms with Crippen LogP contribution in [-0.4, -0.2) is 147 Å². The van der Waals surface area contributed by atoms with Crippen molar-refractivity contribution < 1.29 is 56.1 Å². The van der Waals surface area contributed by atoms with Crippen LogP contribution in [0, 0.1) is 40.0 Å². The number of halogens is 7. The summed E-state index contributed by atoms with van der Waals surface area (Å²) in [5, 5.41) is 33.4. The van der Waals surface area contributed by atoms with Gasteiger partial charge in [-0.1, -0.05) is 79.8 Å². The Morgan fingerprint density at radius 2 is 1.59 bits per heavy atom. The first-order valence-electron chi connectivity index (χ1n) is 27.4. The molecule has 2 aliphatic rings. The van der Waals surface area contributed by atoms with Crippen LogP contribution in [0.15, 0.2) is 78.9 Å². The van der Waals surface area contributed by atoms with Gasteiger partial charge in [0.2, 0.25) is 17.8 Å². The average Bonchev–Trinajstić information content (AvgIpc) is 1.50. The first kappa shape index (κ1) is 64.3. The lowest BCUT2D eigenvalue weighted by Gasteiger charge is -2.37. The van der Waals surface area contributed by atoms with Crippen molar-refractivity contribution >= 4 is 86.9 Å². The van der Waals surface area contributed by atoms with Gasteiger partial charge in [-0.05, 0) is 72.0 Å². The number of anilines is 3. The molecule has 5 aromatic carbocycles. The largest absolute Gasteiger partial charge is 0.507 e. The fourth-order valence-corrected chi connectivity index (χ4v) is 11.4. The zero-order chi connectivity index (χ0) is 62.2. The molecule has 5 amide bonds. The van der Waals surface area contributed by atoms with Crippen molar-refractivity contribution in [2.24, 2.45) is 11.1 Å². The number of fused-ring (bicyclic) bond motifs is 1. The maximum atomic E-state index is 16.5. The second-order valence-electron chi connectivity index (χ2n) is 21.8. The first-order chi connectivity index (χ1) is 41.0. The minimum Gasteiger partial charge on any atom is -0.507 e. The average molecular weight is 1250 g/mol. The Hall–Kier alpha value is -7.72. The molecule has 0 saturated carbocycles. The van der Waals surface area contributed by atoms with Crippen LogP contribution in [0.3, 0.4) is 0 Å². The Morgan fingerprint density at radius 1 is 0.872 bits per heavy atom. The molecular weight excluding hydrogens is 1190 g/mol. The predicted octanol–water partition coefficient (Wildman–Crippen LogP) is 9.41. The van der Waals surface area contributed by atoms with Gasteiger partial charge in [0.1, 0.15) is 45.7 Å². The van der Waals surface area contributed by atoms with Crippen LogP contribution in [0.2, 0.25) is 15.1 Å². The van der Waals surface area contributed by atoms with E-state index in [4.69, 9.17) is 54.7 Å². The smallest absolute Gasteiger partial charge is 0.314 e. The summed E-state index contributed by atoms with van der Waals surface area (Å²) in [6.45, 7) is 7.93. The number of ether oxygens (including phenoxy) is 3. The maximum Gasteiger partial charge on any atom is 0.314 e. The summed E-state index contributed by atoms with van der Waals surface area (Å²) in [6.07, 6.45) is 0.249. The molecule has 8 rings (SSSR count). The number of likely N-dealkylation sites (N-methyl/N-ethyl adjacent to an activating group) is 1. The van der Waals surface area contributed by atoms with Crippen LogP contribution in [-0.2, 0) is 24.5 Å². The number of carbonyl (C=O) groups is 4. The molecule has 4 atom stereocenters. The van der Waals surface area contributed by atoms with Gasteiger partial charge in [0.15, 0.2) is 5.82 Å². The fourth-order valence-electron chi connectivity index (χ4n) is 10.8. The number of aromatic nitrogens is 2. The van der Waals surface area contributed by atoms with Gasteiger partial charge in [-0.2, -0.15) is 10.2 Å². The van der Waals surface area contributed by atoms with Crippen molar-refractivity contribution in [2.75, 3.05) is 102 Å². The van der Waals surface area contributed by atoms with Crippen molar-refractivity contribution in [3.8, 4) is 28.7 Å². The van der Waals surface area contributed by atoms with Gasteiger partial charge in [0.05, 0.1) is 66.9 Å². The molecule has 86 heavy (non-hydrogen) atoms. The number of nitrogens with one attached hydrogen (secondary N) is 4. The number of phenols is 1. The normalized spacial score (nSPS) is 17.7. The van der Waals surface area contributed by atoms with E-state index in [-0.39, 0.29) is 157 Å². The van der Waals surface area contributed by atoms with Gasteiger partial charge in [-0.15, -0.1) is 0 Å². The van der Waals surface area contributed by atoms with Crippen LogP contribution in [0.25, 0.3) is 22.0 Å². The number of carbonyl (C=O) groups excluding carboxylic acids is 4. The third-order valence-electron chi connectivity index (χ3n) is 15.0. The van der Waals surface area contributed by atoms with E-state index >= 15 is 17.6 Å². The summed E-state index contributed by atoms with van der Waals surface area (Å²) < 4.78 is 80.7. The van der Waals surface area contributed by atoms with Crippen LogP contribution >= 0.6 is 34.8 Å². The number of nitriles is 1. The number of rotatable bonds is 22. The van der Waals surface area contributed by atoms with Crippen molar-refractivity contribution in [3.63, 3.8) is 0 Å². The minimum absolute atomic E-state index is 0.0166.